The minimum Gasteiger partial charge on any atom is -0.618 e. The predicted molar refractivity (Wildman–Crippen MR) is 74.9 cm³/mol. The summed E-state index contributed by atoms with van der Waals surface area (Å²) in [5.74, 6) is 0.780. The lowest BCUT2D eigenvalue weighted by molar-refractivity contribution is -0.592. The van der Waals surface area contributed by atoms with Gasteiger partial charge >= 0.3 is 0 Å². The summed E-state index contributed by atoms with van der Waals surface area (Å²) >= 11 is 0. The molecule has 0 saturated carbocycles. The molecule has 1 aromatic heterocycles. The van der Waals surface area contributed by atoms with Crippen LogP contribution in [0.5, 0.6) is 5.75 Å². The molecule has 0 bridgehead atoms. The summed E-state index contributed by atoms with van der Waals surface area (Å²) in [6.07, 6.45) is 1.61. The fourth-order valence-electron chi connectivity index (χ4n) is 2.14. The Morgan fingerprint density at radius 1 is 0.947 bits per heavy atom. The molecule has 0 aliphatic carbocycles. The molecule has 0 aliphatic rings. The summed E-state index contributed by atoms with van der Waals surface area (Å²) < 4.78 is 6.03. The van der Waals surface area contributed by atoms with Crippen molar-refractivity contribution in [3.8, 4) is 17.0 Å². The second-order valence-corrected chi connectivity index (χ2v) is 4.34. The topological polar surface area (TPSA) is 36.2 Å². The van der Waals surface area contributed by atoms with E-state index in [1.165, 1.54) is 0 Å². The SMILES string of the molecule is COc1ccc(-c2cc3ccccc3c[n+]2[O-])cc1. The molecular weight excluding hydrogens is 238 g/mol. The molecule has 0 saturated heterocycles. The normalized spacial score (nSPS) is 10.6. The zero-order valence-corrected chi connectivity index (χ0v) is 10.5. The van der Waals surface area contributed by atoms with Crippen LogP contribution in [0, 0.1) is 5.21 Å². The molecular formula is C16H13NO2. The average molecular weight is 251 g/mol. The van der Waals surface area contributed by atoms with Gasteiger partial charge in [-0.05, 0) is 35.7 Å². The van der Waals surface area contributed by atoms with E-state index in [9.17, 15) is 5.21 Å². The molecule has 3 aromatic rings. The van der Waals surface area contributed by atoms with Gasteiger partial charge in [-0.1, -0.05) is 18.2 Å². The first-order valence-electron chi connectivity index (χ1n) is 6.04. The molecule has 0 aliphatic heterocycles. The van der Waals surface area contributed by atoms with E-state index in [2.05, 4.69) is 0 Å². The fourth-order valence-corrected chi connectivity index (χ4v) is 2.14. The van der Waals surface area contributed by atoms with E-state index >= 15 is 0 Å². The highest BCUT2D eigenvalue weighted by Gasteiger charge is 2.10. The van der Waals surface area contributed by atoms with Crippen LogP contribution < -0.4 is 9.47 Å². The quantitative estimate of drug-likeness (QED) is 0.518. The molecule has 3 nitrogen and oxygen atoms in total. The second-order valence-electron chi connectivity index (χ2n) is 4.34. The van der Waals surface area contributed by atoms with Gasteiger partial charge in [0.25, 0.3) is 0 Å². The predicted octanol–water partition coefficient (Wildman–Crippen LogP) is 3.15. The maximum absolute atomic E-state index is 12.1. The van der Waals surface area contributed by atoms with Gasteiger partial charge in [0, 0.05) is 17.0 Å². The van der Waals surface area contributed by atoms with Crippen LogP contribution in [0.3, 0.4) is 0 Å². The van der Waals surface area contributed by atoms with Gasteiger partial charge in [0.15, 0.2) is 6.20 Å². The Kier molecular flexibility index (Phi) is 2.80. The first-order chi connectivity index (χ1) is 9.28. The smallest absolute Gasteiger partial charge is 0.224 e. The monoisotopic (exact) mass is 251 g/mol. The number of aromatic nitrogens is 1. The van der Waals surface area contributed by atoms with Crippen LogP contribution >= 0.6 is 0 Å². The van der Waals surface area contributed by atoms with Crippen LogP contribution in [0.15, 0.2) is 60.8 Å². The van der Waals surface area contributed by atoms with Crippen molar-refractivity contribution in [2.75, 3.05) is 7.11 Å². The van der Waals surface area contributed by atoms with Crippen molar-refractivity contribution < 1.29 is 9.47 Å². The van der Waals surface area contributed by atoms with Gasteiger partial charge in [0.2, 0.25) is 5.69 Å². The Labute approximate surface area is 111 Å². The zero-order valence-electron chi connectivity index (χ0n) is 10.5. The third-order valence-electron chi connectivity index (χ3n) is 3.17. The van der Waals surface area contributed by atoms with E-state index in [1.54, 1.807) is 13.3 Å². The summed E-state index contributed by atoms with van der Waals surface area (Å²) in [4.78, 5) is 0. The van der Waals surface area contributed by atoms with Crippen molar-refractivity contribution in [1.29, 1.82) is 0 Å². The van der Waals surface area contributed by atoms with Gasteiger partial charge in [-0.15, -0.1) is 0 Å². The molecule has 94 valence electrons. The molecule has 0 fully saturated rings. The lowest BCUT2D eigenvalue weighted by Crippen LogP contribution is -2.28. The van der Waals surface area contributed by atoms with Gasteiger partial charge in [-0.25, -0.2) is 0 Å². The Morgan fingerprint density at radius 3 is 2.32 bits per heavy atom. The molecule has 3 rings (SSSR count). The van der Waals surface area contributed by atoms with Gasteiger partial charge < -0.3 is 9.94 Å². The number of ether oxygens (including phenoxy) is 1. The number of nitrogens with zero attached hydrogens (tertiary/aromatic N) is 1. The fraction of sp³-hybridized carbons (Fsp3) is 0.0625. The Bertz CT molecular complexity index is 720. The Balaban J connectivity index is 2.15. The zero-order chi connectivity index (χ0) is 13.2. The van der Waals surface area contributed by atoms with Crippen molar-refractivity contribution in [2.24, 2.45) is 0 Å². The summed E-state index contributed by atoms with van der Waals surface area (Å²) in [7, 11) is 1.62. The highest BCUT2D eigenvalue weighted by atomic mass is 16.5. The maximum atomic E-state index is 12.1. The van der Waals surface area contributed by atoms with E-state index in [4.69, 9.17) is 4.74 Å². The summed E-state index contributed by atoms with van der Waals surface area (Å²) in [6, 6.07) is 17.2. The van der Waals surface area contributed by atoms with E-state index in [-0.39, 0.29) is 0 Å². The largest absolute Gasteiger partial charge is 0.618 e. The number of hydrogen-bond acceptors (Lipinski definition) is 2. The molecule has 2 aromatic carbocycles. The van der Waals surface area contributed by atoms with Crippen molar-refractivity contribution in [3.63, 3.8) is 0 Å². The molecule has 0 unspecified atom stereocenters. The number of rotatable bonds is 2. The number of fused-ring (bicyclic) bond motifs is 1. The van der Waals surface area contributed by atoms with Gasteiger partial charge in [0.05, 0.1) is 7.11 Å². The summed E-state index contributed by atoms with van der Waals surface area (Å²) in [5, 5.41) is 14.1. The van der Waals surface area contributed by atoms with Crippen LogP contribution in [-0.4, -0.2) is 7.11 Å². The lowest BCUT2D eigenvalue weighted by Gasteiger charge is -2.07. The minimum atomic E-state index is 0.640. The van der Waals surface area contributed by atoms with E-state index < -0.39 is 0 Å². The van der Waals surface area contributed by atoms with Crippen LogP contribution in [0.2, 0.25) is 0 Å². The van der Waals surface area contributed by atoms with Gasteiger partial charge in [-0.3, -0.25) is 0 Å². The summed E-state index contributed by atoms with van der Waals surface area (Å²) in [6.45, 7) is 0. The van der Waals surface area contributed by atoms with Gasteiger partial charge in [0.1, 0.15) is 5.75 Å². The number of hydrogen-bond donors (Lipinski definition) is 0. The van der Waals surface area contributed by atoms with E-state index in [1.807, 2.05) is 54.6 Å². The number of methoxy groups -OCH3 is 1. The third kappa shape index (κ3) is 2.10. The first-order valence-corrected chi connectivity index (χ1v) is 6.04. The Hall–Kier alpha value is -2.55. The highest BCUT2D eigenvalue weighted by Crippen LogP contribution is 2.22. The lowest BCUT2D eigenvalue weighted by atomic mass is 10.1. The van der Waals surface area contributed by atoms with Crippen molar-refractivity contribution in [2.45, 2.75) is 0 Å². The molecule has 0 amide bonds. The molecule has 3 heteroatoms. The first kappa shape index (κ1) is 11.5. The molecule has 1 heterocycles. The van der Waals surface area contributed by atoms with Crippen LogP contribution in [0.1, 0.15) is 0 Å². The molecule has 0 atom stereocenters. The van der Waals surface area contributed by atoms with Crippen molar-refractivity contribution in [1.82, 2.24) is 0 Å². The average Bonchev–Trinajstić information content (AvgIpc) is 2.47. The molecule has 0 radical (unpaired) electrons. The van der Waals surface area contributed by atoms with Crippen molar-refractivity contribution in [3.05, 3.63) is 66.0 Å². The van der Waals surface area contributed by atoms with Crippen LogP contribution in [0.25, 0.3) is 22.0 Å². The maximum Gasteiger partial charge on any atom is 0.224 e. The summed E-state index contributed by atoms with van der Waals surface area (Å²) in [5.41, 5.74) is 1.52. The van der Waals surface area contributed by atoms with Gasteiger partial charge in [-0.2, -0.15) is 4.73 Å². The number of benzene rings is 2. The highest BCUT2D eigenvalue weighted by molar-refractivity contribution is 5.83. The standard InChI is InChI=1S/C16H13NO2/c1-19-15-8-6-12(7-9-15)16-10-13-4-2-3-5-14(13)11-17(16)18/h2-11H,1H3. The Morgan fingerprint density at radius 2 is 1.63 bits per heavy atom. The van der Waals surface area contributed by atoms with E-state index in [0.29, 0.717) is 5.69 Å². The molecule has 0 N–H and O–H groups in total. The van der Waals surface area contributed by atoms with Crippen molar-refractivity contribution >= 4 is 10.8 Å². The molecule has 19 heavy (non-hydrogen) atoms. The second kappa shape index (κ2) is 4.61. The van der Waals surface area contributed by atoms with Crippen LogP contribution in [-0.2, 0) is 0 Å². The number of pyridine rings is 1. The third-order valence-corrected chi connectivity index (χ3v) is 3.17. The molecule has 0 spiro atoms. The van der Waals surface area contributed by atoms with Crippen LogP contribution in [0.4, 0.5) is 0 Å². The minimum absolute atomic E-state index is 0.640. The van der Waals surface area contributed by atoms with E-state index in [0.717, 1.165) is 26.8 Å².